The number of benzene rings is 2. The van der Waals surface area contributed by atoms with Crippen LogP contribution in [0.25, 0.3) is 0 Å². The van der Waals surface area contributed by atoms with E-state index in [-0.39, 0.29) is 18.5 Å². The van der Waals surface area contributed by atoms with Crippen LogP contribution in [0.3, 0.4) is 0 Å². The molecule has 0 heterocycles. The highest BCUT2D eigenvalue weighted by Gasteiger charge is 2.52. The van der Waals surface area contributed by atoms with Crippen LogP contribution in [0.1, 0.15) is 18.4 Å². The minimum absolute atomic E-state index is 0.301. The quantitative estimate of drug-likeness (QED) is 0.830. The molecule has 2 aromatic rings. The van der Waals surface area contributed by atoms with Crippen molar-refractivity contribution in [1.82, 2.24) is 0 Å². The molecule has 3 rings (SSSR count). The van der Waals surface area contributed by atoms with E-state index in [0.29, 0.717) is 11.4 Å². The first-order valence-electron chi connectivity index (χ1n) is 7.81. The minimum Gasteiger partial charge on any atom is -0.497 e. The van der Waals surface area contributed by atoms with Gasteiger partial charge >= 0.3 is 5.97 Å². The van der Waals surface area contributed by atoms with E-state index in [0.717, 1.165) is 18.4 Å². The van der Waals surface area contributed by atoms with E-state index in [2.05, 4.69) is 5.32 Å². The molecular weight excluding hydrogens is 306 g/mol. The topological polar surface area (TPSA) is 64.6 Å². The molecule has 0 spiro atoms. The molecule has 124 valence electrons. The van der Waals surface area contributed by atoms with Crippen LogP contribution in [-0.4, -0.2) is 25.6 Å². The lowest BCUT2D eigenvalue weighted by molar-refractivity contribution is -0.150. The molecule has 1 amide bonds. The highest BCUT2D eigenvalue weighted by atomic mass is 16.5. The zero-order valence-corrected chi connectivity index (χ0v) is 13.5. The van der Waals surface area contributed by atoms with E-state index in [1.165, 1.54) is 0 Å². The van der Waals surface area contributed by atoms with Gasteiger partial charge in [0.05, 0.1) is 12.5 Å². The Morgan fingerprint density at radius 1 is 1.08 bits per heavy atom. The summed E-state index contributed by atoms with van der Waals surface area (Å²) in [6, 6.07) is 16.6. The number of hydrogen-bond acceptors (Lipinski definition) is 4. The summed E-state index contributed by atoms with van der Waals surface area (Å²) in [6.07, 6.45) is 1.51. The highest BCUT2D eigenvalue weighted by Crippen LogP contribution is 2.49. The van der Waals surface area contributed by atoms with Gasteiger partial charge in [-0.05, 0) is 30.5 Å². The number of carbonyl (C=O) groups is 2. The summed E-state index contributed by atoms with van der Waals surface area (Å²) < 4.78 is 10.3. The first-order valence-corrected chi connectivity index (χ1v) is 7.81. The fraction of sp³-hybridized carbons (Fsp3) is 0.263. The van der Waals surface area contributed by atoms with E-state index in [9.17, 15) is 9.59 Å². The third-order valence-electron chi connectivity index (χ3n) is 4.15. The summed E-state index contributed by atoms with van der Waals surface area (Å²) >= 11 is 0. The average Bonchev–Trinajstić information content (AvgIpc) is 3.42. The summed E-state index contributed by atoms with van der Waals surface area (Å²) in [4.78, 5) is 24.3. The van der Waals surface area contributed by atoms with Gasteiger partial charge in [-0.1, -0.05) is 36.4 Å². The molecule has 0 radical (unpaired) electrons. The van der Waals surface area contributed by atoms with Gasteiger partial charge in [-0.15, -0.1) is 0 Å². The van der Waals surface area contributed by atoms with E-state index in [1.807, 2.05) is 30.3 Å². The number of ether oxygens (including phenoxy) is 2. The van der Waals surface area contributed by atoms with Crippen molar-refractivity contribution in [2.75, 3.05) is 19.0 Å². The lowest BCUT2D eigenvalue weighted by Crippen LogP contribution is -2.28. The lowest BCUT2D eigenvalue weighted by atomic mass is 9.96. The normalized spacial score (nSPS) is 14.5. The van der Waals surface area contributed by atoms with Gasteiger partial charge in [0.25, 0.3) is 5.91 Å². The van der Waals surface area contributed by atoms with Crippen molar-refractivity contribution in [1.29, 1.82) is 0 Å². The van der Waals surface area contributed by atoms with E-state index >= 15 is 0 Å². The molecule has 24 heavy (non-hydrogen) atoms. The minimum atomic E-state index is -0.572. The number of nitrogens with one attached hydrogen (secondary N) is 1. The van der Waals surface area contributed by atoms with Crippen molar-refractivity contribution in [3.8, 4) is 5.75 Å². The molecular formula is C19H19NO4. The fourth-order valence-electron chi connectivity index (χ4n) is 2.66. The fourth-order valence-corrected chi connectivity index (χ4v) is 2.66. The molecule has 5 nitrogen and oxygen atoms in total. The molecule has 1 aliphatic carbocycles. The van der Waals surface area contributed by atoms with Crippen molar-refractivity contribution < 1.29 is 19.1 Å². The Morgan fingerprint density at radius 2 is 1.83 bits per heavy atom. The summed E-state index contributed by atoms with van der Waals surface area (Å²) in [6.45, 7) is -0.301. The molecule has 5 heteroatoms. The van der Waals surface area contributed by atoms with Crippen LogP contribution in [0.2, 0.25) is 0 Å². The SMILES string of the molecule is COc1cccc(NC(=O)COC(=O)C2(c3ccccc3)CC2)c1. The van der Waals surface area contributed by atoms with Crippen LogP contribution in [0.5, 0.6) is 5.75 Å². The van der Waals surface area contributed by atoms with Gasteiger partial charge in [-0.25, -0.2) is 0 Å². The van der Waals surface area contributed by atoms with Crippen molar-refractivity contribution in [3.05, 3.63) is 60.2 Å². The Bertz CT molecular complexity index is 738. The molecule has 1 saturated carbocycles. The number of esters is 1. The van der Waals surface area contributed by atoms with E-state index in [1.54, 1.807) is 31.4 Å². The Hall–Kier alpha value is -2.82. The average molecular weight is 325 g/mol. The second kappa shape index (κ2) is 6.74. The van der Waals surface area contributed by atoms with Crippen LogP contribution in [0.4, 0.5) is 5.69 Å². The Morgan fingerprint density at radius 3 is 2.50 bits per heavy atom. The van der Waals surface area contributed by atoms with Gasteiger partial charge in [-0.2, -0.15) is 0 Å². The third-order valence-corrected chi connectivity index (χ3v) is 4.15. The molecule has 1 aliphatic rings. The van der Waals surface area contributed by atoms with Crippen LogP contribution < -0.4 is 10.1 Å². The molecule has 0 bridgehead atoms. The number of rotatable bonds is 6. The van der Waals surface area contributed by atoms with Gasteiger partial charge in [0.1, 0.15) is 5.75 Å². The molecule has 1 N–H and O–H groups in total. The lowest BCUT2D eigenvalue weighted by Gasteiger charge is -2.14. The van der Waals surface area contributed by atoms with Crippen LogP contribution in [-0.2, 0) is 19.7 Å². The zero-order chi connectivity index (χ0) is 17.0. The van der Waals surface area contributed by atoms with Crippen LogP contribution in [0.15, 0.2) is 54.6 Å². The Balaban J connectivity index is 1.55. The number of hydrogen-bond donors (Lipinski definition) is 1. The largest absolute Gasteiger partial charge is 0.497 e. The van der Waals surface area contributed by atoms with Gasteiger partial charge in [0.15, 0.2) is 6.61 Å². The Labute approximate surface area is 140 Å². The van der Waals surface area contributed by atoms with Crippen LogP contribution in [0, 0.1) is 0 Å². The van der Waals surface area contributed by atoms with E-state index < -0.39 is 5.41 Å². The molecule has 1 fully saturated rings. The molecule has 0 atom stereocenters. The second-order valence-corrected chi connectivity index (χ2v) is 5.80. The van der Waals surface area contributed by atoms with Crippen LogP contribution >= 0.6 is 0 Å². The smallest absolute Gasteiger partial charge is 0.317 e. The molecule has 0 unspecified atom stereocenters. The number of carbonyl (C=O) groups excluding carboxylic acids is 2. The molecule has 0 aliphatic heterocycles. The summed E-state index contributed by atoms with van der Waals surface area (Å²) in [5, 5.41) is 2.69. The maximum atomic E-state index is 12.4. The van der Waals surface area contributed by atoms with Gasteiger partial charge in [0, 0.05) is 11.8 Å². The molecule has 0 saturated heterocycles. The first-order chi connectivity index (χ1) is 11.6. The van der Waals surface area contributed by atoms with Gasteiger partial charge in [0.2, 0.25) is 0 Å². The maximum Gasteiger partial charge on any atom is 0.317 e. The number of anilines is 1. The standard InChI is InChI=1S/C19H19NO4/c1-23-16-9-5-8-15(12-16)20-17(21)13-24-18(22)19(10-11-19)14-6-3-2-4-7-14/h2-9,12H,10-11,13H2,1H3,(H,20,21). The summed E-state index contributed by atoms with van der Waals surface area (Å²) in [7, 11) is 1.56. The third kappa shape index (κ3) is 3.40. The summed E-state index contributed by atoms with van der Waals surface area (Å²) in [5.41, 5.74) is 0.972. The zero-order valence-electron chi connectivity index (χ0n) is 13.5. The molecule has 2 aromatic carbocycles. The van der Waals surface area contributed by atoms with E-state index in [4.69, 9.17) is 9.47 Å². The van der Waals surface area contributed by atoms with Gasteiger partial charge < -0.3 is 14.8 Å². The monoisotopic (exact) mass is 325 g/mol. The predicted molar refractivity (Wildman–Crippen MR) is 89.9 cm³/mol. The van der Waals surface area contributed by atoms with Crippen molar-refractivity contribution in [3.63, 3.8) is 0 Å². The highest BCUT2D eigenvalue weighted by molar-refractivity contribution is 5.94. The van der Waals surface area contributed by atoms with Crippen molar-refractivity contribution >= 4 is 17.6 Å². The summed E-state index contributed by atoms with van der Waals surface area (Å²) in [5.74, 6) is -0.0687. The van der Waals surface area contributed by atoms with Gasteiger partial charge in [-0.3, -0.25) is 9.59 Å². The second-order valence-electron chi connectivity index (χ2n) is 5.80. The molecule has 0 aromatic heterocycles. The number of methoxy groups -OCH3 is 1. The van der Waals surface area contributed by atoms with Crippen molar-refractivity contribution in [2.45, 2.75) is 18.3 Å². The maximum absolute atomic E-state index is 12.4. The Kier molecular flexibility index (Phi) is 4.51. The van der Waals surface area contributed by atoms with Crippen molar-refractivity contribution in [2.24, 2.45) is 0 Å². The number of amides is 1. The first kappa shape index (κ1) is 16.1. The predicted octanol–water partition coefficient (Wildman–Crippen LogP) is 2.91.